The second kappa shape index (κ2) is 14.8. The van der Waals surface area contributed by atoms with Crippen molar-refractivity contribution in [2.45, 2.75) is 38.6 Å². The largest absolute Gasteiger partial charge is 0.508 e. The summed E-state index contributed by atoms with van der Waals surface area (Å²) < 4.78 is 11.6. The number of ether oxygens (including phenoxy) is 2. The van der Waals surface area contributed by atoms with Crippen molar-refractivity contribution < 1.29 is 24.2 Å². The fourth-order valence-corrected chi connectivity index (χ4v) is 4.91. The van der Waals surface area contributed by atoms with Crippen LogP contribution in [0.3, 0.4) is 0 Å². The first-order chi connectivity index (χ1) is 20.4. The maximum Gasteiger partial charge on any atom is 0.328 e. The molecule has 7 heteroatoms. The van der Waals surface area contributed by atoms with Gasteiger partial charge in [-0.05, 0) is 54.8 Å². The average Bonchev–Trinajstić information content (AvgIpc) is 3.00. The number of nitrogens with two attached hydrogens (primary N) is 1. The quantitative estimate of drug-likeness (QED) is 0.103. The Morgan fingerprint density at radius 1 is 0.833 bits per heavy atom. The van der Waals surface area contributed by atoms with E-state index in [0.717, 1.165) is 22.3 Å². The van der Waals surface area contributed by atoms with Crippen LogP contribution < -0.4 is 15.8 Å². The van der Waals surface area contributed by atoms with Gasteiger partial charge < -0.3 is 25.6 Å². The normalized spacial score (nSPS) is 12.4. The first-order valence-corrected chi connectivity index (χ1v) is 14.3. The summed E-state index contributed by atoms with van der Waals surface area (Å²) in [6.45, 7) is 4.13. The van der Waals surface area contributed by atoms with Gasteiger partial charge in [-0.25, -0.2) is 4.79 Å². The molecule has 0 spiro atoms. The van der Waals surface area contributed by atoms with E-state index in [4.69, 9.17) is 15.2 Å². The van der Waals surface area contributed by atoms with Crippen LogP contribution in [0, 0.1) is 5.92 Å². The molecule has 42 heavy (non-hydrogen) atoms. The molecule has 4 aromatic carbocycles. The molecule has 0 aliphatic carbocycles. The fourth-order valence-electron chi connectivity index (χ4n) is 4.91. The van der Waals surface area contributed by atoms with Gasteiger partial charge in [0.05, 0.1) is 18.2 Å². The summed E-state index contributed by atoms with van der Waals surface area (Å²) in [6, 6.07) is 31.6. The smallest absolute Gasteiger partial charge is 0.328 e. The Balaban J connectivity index is 1.83. The van der Waals surface area contributed by atoms with E-state index in [1.165, 1.54) is 0 Å². The number of benzene rings is 4. The topological polar surface area (TPSA) is 111 Å². The van der Waals surface area contributed by atoms with E-state index >= 15 is 0 Å². The molecule has 1 unspecified atom stereocenters. The number of carbonyl (C=O) groups is 2. The van der Waals surface area contributed by atoms with Gasteiger partial charge >= 0.3 is 11.9 Å². The van der Waals surface area contributed by atoms with Crippen LogP contribution in [0.1, 0.15) is 48.4 Å². The lowest BCUT2D eigenvalue weighted by Crippen LogP contribution is -2.34. The minimum Gasteiger partial charge on any atom is -0.508 e. The molecule has 0 saturated heterocycles. The first kappa shape index (κ1) is 30.3. The minimum absolute atomic E-state index is 0.140. The number of anilines is 1. The Morgan fingerprint density at radius 2 is 1.45 bits per heavy atom. The third-order valence-electron chi connectivity index (χ3n) is 7.10. The zero-order valence-electron chi connectivity index (χ0n) is 24.0. The number of aromatic hydroxyl groups is 1. The van der Waals surface area contributed by atoms with Crippen molar-refractivity contribution in [3.05, 3.63) is 125 Å². The molecule has 4 rings (SSSR count). The van der Waals surface area contributed by atoms with Crippen molar-refractivity contribution >= 4 is 17.6 Å². The summed E-state index contributed by atoms with van der Waals surface area (Å²) >= 11 is 0. The predicted molar refractivity (Wildman–Crippen MR) is 165 cm³/mol. The van der Waals surface area contributed by atoms with E-state index in [1.54, 1.807) is 44.2 Å². The van der Waals surface area contributed by atoms with Crippen molar-refractivity contribution in [2.24, 2.45) is 11.7 Å². The lowest BCUT2D eigenvalue weighted by molar-refractivity contribution is -0.144. The summed E-state index contributed by atoms with van der Waals surface area (Å²) in [5.74, 6) is -1.01. The molecule has 0 aliphatic rings. The molecule has 0 radical (unpaired) electrons. The van der Waals surface area contributed by atoms with Crippen molar-refractivity contribution in [3.63, 3.8) is 0 Å². The maximum absolute atomic E-state index is 13.3. The molecule has 0 saturated carbocycles. The molecule has 7 nitrogen and oxygen atoms in total. The highest BCUT2D eigenvalue weighted by molar-refractivity contribution is 5.83. The molecule has 0 amide bonds. The number of nitrogens with one attached hydrogen (secondary N) is 1. The number of phenolic OH excluding ortho intramolecular Hbond substituents is 1. The van der Waals surface area contributed by atoms with Crippen molar-refractivity contribution in [3.8, 4) is 11.5 Å². The number of carbonyl (C=O) groups excluding carboxylic acids is 2. The summed E-state index contributed by atoms with van der Waals surface area (Å²) in [5, 5.41) is 13.1. The fraction of sp³-hybridized carbons (Fsp3) is 0.257. The minimum atomic E-state index is -0.782. The molecule has 4 N–H and O–H groups in total. The molecular formula is C35H38N2O5. The Kier molecular flexibility index (Phi) is 10.7. The van der Waals surface area contributed by atoms with Crippen molar-refractivity contribution in [2.75, 3.05) is 18.5 Å². The Labute approximate surface area is 247 Å². The van der Waals surface area contributed by atoms with Gasteiger partial charge in [-0.1, -0.05) is 91.9 Å². The van der Waals surface area contributed by atoms with Gasteiger partial charge in [0.25, 0.3) is 0 Å². The van der Waals surface area contributed by atoms with Crippen LogP contribution in [-0.4, -0.2) is 36.2 Å². The lowest BCUT2D eigenvalue weighted by Gasteiger charge is -2.26. The van der Waals surface area contributed by atoms with Crippen LogP contribution in [0.2, 0.25) is 0 Å². The van der Waals surface area contributed by atoms with Gasteiger partial charge in [0.1, 0.15) is 11.8 Å². The summed E-state index contributed by atoms with van der Waals surface area (Å²) in [6.07, 6.45) is 0.776. The number of esters is 2. The molecule has 2 atom stereocenters. The van der Waals surface area contributed by atoms with E-state index in [0.29, 0.717) is 30.8 Å². The van der Waals surface area contributed by atoms with Gasteiger partial charge in [0, 0.05) is 17.9 Å². The summed E-state index contributed by atoms with van der Waals surface area (Å²) in [4.78, 5) is 26.5. The molecule has 0 fully saturated rings. The van der Waals surface area contributed by atoms with E-state index < -0.39 is 23.9 Å². The van der Waals surface area contributed by atoms with Crippen LogP contribution in [-0.2, 0) is 20.7 Å². The first-order valence-electron chi connectivity index (χ1n) is 14.3. The Hall–Kier alpha value is -4.62. The van der Waals surface area contributed by atoms with E-state index in [2.05, 4.69) is 5.32 Å². The number of rotatable bonds is 13. The third-order valence-corrected chi connectivity index (χ3v) is 7.10. The molecule has 0 bridgehead atoms. The second-order valence-electron chi connectivity index (χ2n) is 10.2. The van der Waals surface area contributed by atoms with Crippen molar-refractivity contribution in [1.82, 2.24) is 0 Å². The molecule has 4 aromatic rings. The lowest BCUT2D eigenvalue weighted by atomic mass is 9.84. The highest BCUT2D eigenvalue weighted by atomic mass is 16.5. The SMILES string of the molecule is CCOC(=O)[C@H](Cc1ccc(O)cc1)Nc1cccc(C(c2ccccc2)c2ccccc2)c1OC(=O)C(C)CCN. The average molecular weight is 567 g/mol. The number of phenols is 1. The molecule has 218 valence electrons. The maximum atomic E-state index is 13.3. The zero-order valence-corrected chi connectivity index (χ0v) is 24.0. The van der Waals surface area contributed by atoms with Crippen molar-refractivity contribution in [1.29, 1.82) is 0 Å². The highest BCUT2D eigenvalue weighted by Gasteiger charge is 2.28. The van der Waals surface area contributed by atoms with Crippen LogP contribution in [0.15, 0.2) is 103 Å². The van der Waals surface area contributed by atoms with E-state index in [-0.39, 0.29) is 18.3 Å². The molecule has 0 aliphatic heterocycles. The summed E-state index contributed by atoms with van der Waals surface area (Å²) in [5.41, 5.74) is 9.90. The van der Waals surface area contributed by atoms with Crippen LogP contribution in [0.25, 0.3) is 0 Å². The number of para-hydroxylation sites is 1. The second-order valence-corrected chi connectivity index (χ2v) is 10.2. The van der Waals surface area contributed by atoms with E-state index in [9.17, 15) is 14.7 Å². The monoisotopic (exact) mass is 566 g/mol. The zero-order chi connectivity index (χ0) is 29.9. The highest BCUT2D eigenvalue weighted by Crippen LogP contribution is 2.41. The molecular weight excluding hydrogens is 528 g/mol. The predicted octanol–water partition coefficient (Wildman–Crippen LogP) is 6.05. The van der Waals surface area contributed by atoms with Gasteiger partial charge in [-0.15, -0.1) is 0 Å². The van der Waals surface area contributed by atoms with Crippen LogP contribution >= 0.6 is 0 Å². The Morgan fingerprint density at radius 3 is 2.02 bits per heavy atom. The van der Waals surface area contributed by atoms with Crippen LogP contribution in [0.4, 0.5) is 5.69 Å². The number of hydrogen-bond acceptors (Lipinski definition) is 7. The Bertz CT molecular complexity index is 1400. The molecule has 0 aromatic heterocycles. The van der Waals surface area contributed by atoms with Crippen LogP contribution in [0.5, 0.6) is 11.5 Å². The van der Waals surface area contributed by atoms with Gasteiger partial charge in [0.15, 0.2) is 5.75 Å². The standard InChI is InChI=1S/C35H38N2O5/c1-3-41-35(40)31(23-25-17-19-28(38)20-18-25)37-30-16-10-15-29(33(30)42-34(39)24(2)21-22-36)32(26-11-6-4-7-12-26)27-13-8-5-9-14-27/h4-20,24,31-32,37-38H,3,21-23,36H2,1-2H3/t24?,31-/m0/s1. The van der Waals surface area contributed by atoms with Gasteiger partial charge in [-0.2, -0.15) is 0 Å². The van der Waals surface area contributed by atoms with E-state index in [1.807, 2.05) is 72.8 Å². The number of hydrogen-bond donors (Lipinski definition) is 3. The molecule has 0 heterocycles. The summed E-state index contributed by atoms with van der Waals surface area (Å²) in [7, 11) is 0. The van der Waals surface area contributed by atoms with Gasteiger partial charge in [0.2, 0.25) is 0 Å². The third kappa shape index (κ3) is 7.77. The van der Waals surface area contributed by atoms with Gasteiger partial charge in [-0.3, -0.25) is 4.79 Å².